The second-order valence-corrected chi connectivity index (χ2v) is 7.06. The van der Waals surface area contributed by atoms with Crippen LogP contribution in [-0.2, 0) is 0 Å². The van der Waals surface area contributed by atoms with Crippen molar-refractivity contribution in [3.63, 3.8) is 0 Å². The van der Waals surface area contributed by atoms with Crippen LogP contribution in [0, 0.1) is 6.92 Å². The van der Waals surface area contributed by atoms with Gasteiger partial charge in [-0.2, -0.15) is 4.98 Å². The Morgan fingerprint density at radius 2 is 1.91 bits per heavy atom. The fraction of sp³-hybridized carbons (Fsp3) is 0.182. The summed E-state index contributed by atoms with van der Waals surface area (Å²) in [5, 5.41) is 20.3. The number of aromatic nitrogens is 6. The molecule has 11 heteroatoms. The summed E-state index contributed by atoms with van der Waals surface area (Å²) in [5.41, 5.74) is 2.92. The van der Waals surface area contributed by atoms with Crippen LogP contribution in [0.2, 0.25) is 0 Å². The molecule has 0 bridgehead atoms. The van der Waals surface area contributed by atoms with Gasteiger partial charge in [-0.15, -0.1) is 5.10 Å². The molecule has 0 aliphatic carbocycles. The lowest BCUT2D eigenvalue weighted by Gasteiger charge is -2.11. The highest BCUT2D eigenvalue weighted by molar-refractivity contribution is 5.94. The molecule has 4 rings (SSSR count). The van der Waals surface area contributed by atoms with Gasteiger partial charge in [0.05, 0.1) is 12.8 Å². The number of carbonyl (C=O) groups excluding carboxylic acids is 1. The van der Waals surface area contributed by atoms with Gasteiger partial charge < -0.3 is 20.7 Å². The van der Waals surface area contributed by atoms with E-state index in [1.807, 2.05) is 43.3 Å². The number of aryl methyl sites for hydroxylation is 1. The van der Waals surface area contributed by atoms with Crippen molar-refractivity contribution in [1.29, 1.82) is 0 Å². The zero-order valence-corrected chi connectivity index (χ0v) is 18.2. The lowest BCUT2D eigenvalue weighted by molar-refractivity contribution is 0.0955. The van der Waals surface area contributed by atoms with E-state index in [0.29, 0.717) is 36.1 Å². The molecule has 0 spiro atoms. The fourth-order valence-corrected chi connectivity index (χ4v) is 3.06. The molecule has 0 saturated carbocycles. The Morgan fingerprint density at radius 3 is 2.67 bits per heavy atom. The predicted octanol–water partition coefficient (Wildman–Crippen LogP) is 2.35. The number of benzene rings is 2. The highest BCUT2D eigenvalue weighted by Gasteiger charge is 2.08. The van der Waals surface area contributed by atoms with Crippen LogP contribution < -0.4 is 20.7 Å². The smallest absolute Gasteiger partial charge is 0.251 e. The summed E-state index contributed by atoms with van der Waals surface area (Å²) >= 11 is 0. The first kappa shape index (κ1) is 21.7. The average molecular weight is 445 g/mol. The van der Waals surface area contributed by atoms with Gasteiger partial charge in [0.15, 0.2) is 0 Å². The van der Waals surface area contributed by atoms with Crippen molar-refractivity contribution in [2.24, 2.45) is 0 Å². The van der Waals surface area contributed by atoms with E-state index in [2.05, 4.69) is 41.4 Å². The lowest BCUT2D eigenvalue weighted by Crippen LogP contribution is -2.29. The molecule has 33 heavy (non-hydrogen) atoms. The normalized spacial score (nSPS) is 10.5. The monoisotopic (exact) mass is 445 g/mol. The van der Waals surface area contributed by atoms with E-state index in [0.717, 1.165) is 17.1 Å². The molecule has 0 aliphatic heterocycles. The quantitative estimate of drug-likeness (QED) is 0.332. The Kier molecular flexibility index (Phi) is 6.69. The first-order valence-corrected chi connectivity index (χ1v) is 10.2. The molecule has 0 radical (unpaired) electrons. The molecule has 11 nitrogen and oxygen atoms in total. The number of methoxy groups -OCH3 is 1. The van der Waals surface area contributed by atoms with Gasteiger partial charge in [0.1, 0.15) is 17.9 Å². The Morgan fingerprint density at radius 1 is 1.06 bits per heavy atom. The van der Waals surface area contributed by atoms with Crippen LogP contribution in [0.5, 0.6) is 5.75 Å². The van der Waals surface area contributed by atoms with E-state index in [1.165, 1.54) is 11.0 Å². The number of nitrogens with zero attached hydrogens (tertiary/aromatic N) is 6. The number of nitrogens with one attached hydrogen (secondary N) is 3. The predicted molar refractivity (Wildman–Crippen MR) is 123 cm³/mol. The van der Waals surface area contributed by atoms with Gasteiger partial charge >= 0.3 is 0 Å². The van der Waals surface area contributed by atoms with E-state index in [9.17, 15) is 4.79 Å². The number of carbonyl (C=O) groups is 1. The lowest BCUT2D eigenvalue weighted by atomic mass is 10.2. The van der Waals surface area contributed by atoms with Crippen molar-refractivity contribution in [2.75, 3.05) is 30.8 Å². The largest absolute Gasteiger partial charge is 0.497 e. The Hall–Kier alpha value is -4.54. The first-order chi connectivity index (χ1) is 16.1. The van der Waals surface area contributed by atoms with E-state index in [1.54, 1.807) is 25.3 Å². The molecule has 2 aromatic carbocycles. The summed E-state index contributed by atoms with van der Waals surface area (Å²) in [5.74, 6) is 1.73. The zero-order chi connectivity index (χ0) is 23.0. The van der Waals surface area contributed by atoms with E-state index in [4.69, 9.17) is 4.74 Å². The topological polar surface area (TPSA) is 132 Å². The number of amides is 1. The number of anilines is 3. The van der Waals surface area contributed by atoms with Crippen molar-refractivity contribution >= 4 is 23.4 Å². The van der Waals surface area contributed by atoms with Crippen LogP contribution >= 0.6 is 0 Å². The number of tetrazole rings is 1. The van der Waals surface area contributed by atoms with Crippen molar-refractivity contribution < 1.29 is 9.53 Å². The third-order valence-corrected chi connectivity index (χ3v) is 4.63. The minimum Gasteiger partial charge on any atom is -0.497 e. The molecule has 1 amide bonds. The number of hydrogen-bond donors (Lipinski definition) is 3. The summed E-state index contributed by atoms with van der Waals surface area (Å²) in [6.45, 7) is 2.75. The molecule has 2 heterocycles. The molecule has 168 valence electrons. The number of hydrogen-bond acceptors (Lipinski definition) is 9. The maximum atomic E-state index is 12.5. The van der Waals surface area contributed by atoms with E-state index < -0.39 is 0 Å². The first-order valence-electron chi connectivity index (χ1n) is 10.2. The summed E-state index contributed by atoms with van der Waals surface area (Å²) in [7, 11) is 1.63. The maximum absolute atomic E-state index is 12.5. The number of ether oxygens (including phenoxy) is 1. The van der Waals surface area contributed by atoms with Crippen LogP contribution in [0.25, 0.3) is 5.69 Å². The SMILES string of the molecule is COc1ccc(Nc2cc(C)nc(NCCNC(=O)c3cccc(-n4cnnn4)c3)n2)cc1. The Balaban J connectivity index is 1.30. The minimum absolute atomic E-state index is 0.196. The van der Waals surface area contributed by atoms with Crippen LogP contribution in [-0.4, -0.2) is 56.3 Å². The van der Waals surface area contributed by atoms with E-state index >= 15 is 0 Å². The molecule has 3 N–H and O–H groups in total. The van der Waals surface area contributed by atoms with Crippen LogP contribution in [0.3, 0.4) is 0 Å². The Labute approximate surface area is 190 Å². The summed E-state index contributed by atoms with van der Waals surface area (Å²) in [6, 6.07) is 16.5. The maximum Gasteiger partial charge on any atom is 0.251 e. The van der Waals surface area contributed by atoms with Crippen molar-refractivity contribution in [2.45, 2.75) is 6.92 Å². The molecule has 4 aromatic rings. The molecule has 0 unspecified atom stereocenters. The van der Waals surface area contributed by atoms with Gasteiger partial charge in [-0.05, 0) is 59.8 Å². The van der Waals surface area contributed by atoms with Crippen LogP contribution in [0.4, 0.5) is 17.5 Å². The van der Waals surface area contributed by atoms with Gasteiger partial charge in [0.25, 0.3) is 5.91 Å². The number of rotatable bonds is 9. The third kappa shape index (κ3) is 5.79. The summed E-state index contributed by atoms with van der Waals surface area (Å²) in [4.78, 5) is 21.4. The molecular formula is C22H23N9O2. The summed E-state index contributed by atoms with van der Waals surface area (Å²) in [6.07, 6.45) is 1.47. The average Bonchev–Trinajstić information content (AvgIpc) is 3.37. The van der Waals surface area contributed by atoms with Gasteiger partial charge in [0, 0.05) is 36.1 Å². The highest BCUT2D eigenvalue weighted by atomic mass is 16.5. The third-order valence-electron chi connectivity index (χ3n) is 4.63. The summed E-state index contributed by atoms with van der Waals surface area (Å²) < 4.78 is 6.67. The van der Waals surface area contributed by atoms with Crippen LogP contribution in [0.15, 0.2) is 60.9 Å². The van der Waals surface area contributed by atoms with Gasteiger partial charge in [0.2, 0.25) is 5.95 Å². The molecule has 0 fully saturated rings. The molecule has 2 aromatic heterocycles. The molecule has 0 aliphatic rings. The van der Waals surface area contributed by atoms with Gasteiger partial charge in [-0.25, -0.2) is 9.67 Å². The highest BCUT2D eigenvalue weighted by Crippen LogP contribution is 2.20. The zero-order valence-electron chi connectivity index (χ0n) is 18.2. The second kappa shape index (κ2) is 10.2. The van der Waals surface area contributed by atoms with Crippen molar-refractivity contribution in [3.05, 3.63) is 72.2 Å². The minimum atomic E-state index is -0.196. The van der Waals surface area contributed by atoms with Crippen molar-refractivity contribution in [1.82, 2.24) is 35.5 Å². The van der Waals surface area contributed by atoms with Gasteiger partial charge in [-0.1, -0.05) is 6.07 Å². The Bertz CT molecular complexity index is 1210. The molecular weight excluding hydrogens is 422 g/mol. The van der Waals surface area contributed by atoms with Crippen LogP contribution in [0.1, 0.15) is 16.1 Å². The van der Waals surface area contributed by atoms with Gasteiger partial charge in [-0.3, -0.25) is 4.79 Å². The van der Waals surface area contributed by atoms with E-state index in [-0.39, 0.29) is 5.91 Å². The molecule has 0 atom stereocenters. The molecule has 0 saturated heterocycles. The fourth-order valence-electron chi connectivity index (χ4n) is 3.06. The van der Waals surface area contributed by atoms with Crippen molar-refractivity contribution in [3.8, 4) is 11.4 Å². The second-order valence-electron chi connectivity index (χ2n) is 7.06. The standard InChI is InChI=1S/C22H23N9O2/c1-15-12-20(27-17-6-8-19(33-2)9-7-17)28-22(26-15)24-11-10-23-21(32)16-4-3-5-18(13-16)31-14-25-29-30-31/h3-9,12-14H,10-11H2,1-2H3,(H,23,32)(H2,24,26,27,28).